The Hall–Kier alpha value is -1.26. The van der Waals surface area contributed by atoms with Gasteiger partial charge in [0, 0.05) is 18.1 Å². The second kappa shape index (κ2) is 8.39. The number of nitrogens with two attached hydrogens (primary N) is 1. The third kappa shape index (κ3) is 4.62. The summed E-state index contributed by atoms with van der Waals surface area (Å²) in [5.41, 5.74) is 7.30. The molecule has 1 aromatic carbocycles. The molecule has 0 aromatic heterocycles. The average molecular weight is 308 g/mol. The zero-order valence-corrected chi connectivity index (χ0v) is 15.0. The van der Waals surface area contributed by atoms with Gasteiger partial charge in [-0.15, -0.1) is 0 Å². The summed E-state index contributed by atoms with van der Waals surface area (Å²) in [6, 6.07) is 6.30. The predicted molar refractivity (Wildman–Crippen MR) is 92.7 cm³/mol. The van der Waals surface area contributed by atoms with Crippen LogP contribution in [0, 0.1) is 0 Å². The number of likely N-dealkylation sites (N-methyl/N-ethyl adjacent to an activating group) is 1. The van der Waals surface area contributed by atoms with Gasteiger partial charge in [0.25, 0.3) is 0 Å². The third-order valence-electron chi connectivity index (χ3n) is 3.84. The van der Waals surface area contributed by atoms with Crippen molar-refractivity contribution in [3.63, 3.8) is 0 Å². The quantitative estimate of drug-likeness (QED) is 0.797. The first-order chi connectivity index (χ1) is 10.4. The SMILES string of the molecule is CCCOc1ccc(C(CN)N(CC)C(C)(C)C)cc1OC. The van der Waals surface area contributed by atoms with Crippen molar-refractivity contribution in [1.82, 2.24) is 4.90 Å². The minimum Gasteiger partial charge on any atom is -0.493 e. The Morgan fingerprint density at radius 2 is 1.86 bits per heavy atom. The van der Waals surface area contributed by atoms with Crippen LogP contribution >= 0.6 is 0 Å². The van der Waals surface area contributed by atoms with E-state index in [2.05, 4.69) is 51.7 Å². The second-order valence-corrected chi connectivity index (χ2v) is 6.47. The minimum atomic E-state index is 0.0589. The summed E-state index contributed by atoms with van der Waals surface area (Å²) < 4.78 is 11.2. The molecule has 0 fully saturated rings. The molecule has 1 aromatic rings. The van der Waals surface area contributed by atoms with Crippen LogP contribution in [0.25, 0.3) is 0 Å². The van der Waals surface area contributed by atoms with E-state index in [1.165, 1.54) is 5.56 Å². The molecule has 22 heavy (non-hydrogen) atoms. The molecule has 0 saturated carbocycles. The van der Waals surface area contributed by atoms with Gasteiger partial charge in [0.05, 0.1) is 13.7 Å². The van der Waals surface area contributed by atoms with Gasteiger partial charge < -0.3 is 15.2 Å². The molecule has 0 bridgehead atoms. The average Bonchev–Trinajstić information content (AvgIpc) is 2.49. The van der Waals surface area contributed by atoms with E-state index in [-0.39, 0.29) is 11.6 Å². The fraction of sp³-hybridized carbons (Fsp3) is 0.667. The van der Waals surface area contributed by atoms with E-state index >= 15 is 0 Å². The molecule has 126 valence electrons. The first-order valence-corrected chi connectivity index (χ1v) is 8.16. The van der Waals surface area contributed by atoms with Gasteiger partial charge in [-0.2, -0.15) is 0 Å². The van der Waals surface area contributed by atoms with Gasteiger partial charge >= 0.3 is 0 Å². The van der Waals surface area contributed by atoms with Gasteiger partial charge in [-0.25, -0.2) is 0 Å². The summed E-state index contributed by atoms with van der Waals surface area (Å²) in [6.45, 7) is 13.1. The van der Waals surface area contributed by atoms with Crippen molar-refractivity contribution in [2.45, 2.75) is 52.6 Å². The topological polar surface area (TPSA) is 47.7 Å². The van der Waals surface area contributed by atoms with Crippen molar-refractivity contribution in [3.05, 3.63) is 23.8 Å². The molecule has 0 spiro atoms. The van der Waals surface area contributed by atoms with E-state index < -0.39 is 0 Å². The lowest BCUT2D eigenvalue weighted by molar-refractivity contribution is 0.0917. The van der Waals surface area contributed by atoms with Crippen LogP contribution in [-0.4, -0.2) is 37.2 Å². The maximum atomic E-state index is 6.07. The van der Waals surface area contributed by atoms with Gasteiger partial charge in [-0.1, -0.05) is 19.9 Å². The van der Waals surface area contributed by atoms with Gasteiger partial charge in [0.15, 0.2) is 11.5 Å². The first kappa shape index (κ1) is 18.8. The summed E-state index contributed by atoms with van der Waals surface area (Å²) in [5, 5.41) is 0. The molecule has 0 aliphatic heterocycles. The van der Waals surface area contributed by atoms with Crippen LogP contribution in [0.1, 0.15) is 52.6 Å². The highest BCUT2D eigenvalue weighted by molar-refractivity contribution is 5.44. The molecule has 1 atom stereocenters. The van der Waals surface area contributed by atoms with E-state index in [0.717, 1.165) is 24.5 Å². The van der Waals surface area contributed by atoms with Gasteiger partial charge in [0.1, 0.15) is 0 Å². The molecule has 0 radical (unpaired) electrons. The molecule has 4 nitrogen and oxygen atoms in total. The van der Waals surface area contributed by atoms with Gasteiger partial charge in [-0.3, -0.25) is 4.90 Å². The van der Waals surface area contributed by atoms with Crippen molar-refractivity contribution >= 4 is 0 Å². The molecule has 0 amide bonds. The lowest BCUT2D eigenvalue weighted by atomic mass is 9.97. The highest BCUT2D eigenvalue weighted by atomic mass is 16.5. The summed E-state index contributed by atoms with van der Waals surface area (Å²) in [6.07, 6.45) is 0.976. The van der Waals surface area contributed by atoms with Gasteiger partial charge in [0.2, 0.25) is 0 Å². The summed E-state index contributed by atoms with van der Waals surface area (Å²) in [4.78, 5) is 2.41. The molecule has 1 rings (SSSR count). The lowest BCUT2D eigenvalue weighted by Gasteiger charge is -2.41. The monoisotopic (exact) mass is 308 g/mol. The summed E-state index contributed by atoms with van der Waals surface area (Å²) >= 11 is 0. The third-order valence-corrected chi connectivity index (χ3v) is 3.84. The van der Waals surface area contributed by atoms with Crippen LogP contribution in [0.3, 0.4) is 0 Å². The van der Waals surface area contributed by atoms with E-state index in [9.17, 15) is 0 Å². The Morgan fingerprint density at radius 1 is 1.18 bits per heavy atom. The first-order valence-electron chi connectivity index (χ1n) is 8.16. The lowest BCUT2D eigenvalue weighted by Crippen LogP contribution is -2.46. The van der Waals surface area contributed by atoms with Crippen LogP contribution < -0.4 is 15.2 Å². The Kier molecular flexibility index (Phi) is 7.17. The van der Waals surface area contributed by atoms with E-state index in [0.29, 0.717) is 13.2 Å². The maximum Gasteiger partial charge on any atom is 0.161 e. The molecule has 4 heteroatoms. The number of benzene rings is 1. The van der Waals surface area contributed by atoms with Crippen molar-refractivity contribution in [3.8, 4) is 11.5 Å². The Labute approximate surface area is 135 Å². The maximum absolute atomic E-state index is 6.07. The summed E-state index contributed by atoms with van der Waals surface area (Å²) in [5.74, 6) is 1.57. The van der Waals surface area contributed by atoms with Crippen molar-refractivity contribution in [1.29, 1.82) is 0 Å². The molecule has 1 unspecified atom stereocenters. The van der Waals surface area contributed by atoms with Crippen molar-refractivity contribution in [2.24, 2.45) is 5.73 Å². The fourth-order valence-electron chi connectivity index (χ4n) is 2.83. The largest absolute Gasteiger partial charge is 0.493 e. The minimum absolute atomic E-state index is 0.0589. The molecule has 0 heterocycles. The number of methoxy groups -OCH3 is 1. The smallest absolute Gasteiger partial charge is 0.161 e. The normalized spacial score (nSPS) is 13.3. The number of rotatable bonds is 8. The highest BCUT2D eigenvalue weighted by Crippen LogP contribution is 2.34. The molecule has 0 aliphatic rings. The van der Waals surface area contributed by atoms with Crippen LogP contribution in [-0.2, 0) is 0 Å². The van der Waals surface area contributed by atoms with Crippen LogP contribution in [0.4, 0.5) is 0 Å². The standard InChI is InChI=1S/C18H32N2O2/c1-7-11-22-16-10-9-14(12-17(16)21-6)15(13-19)20(8-2)18(3,4)5/h9-10,12,15H,7-8,11,13,19H2,1-6H3. The van der Waals surface area contributed by atoms with Gasteiger partial charge in [-0.05, 0) is 51.4 Å². The Bertz CT molecular complexity index is 455. The fourth-order valence-corrected chi connectivity index (χ4v) is 2.83. The Balaban J connectivity index is 3.12. The zero-order chi connectivity index (χ0) is 16.8. The zero-order valence-electron chi connectivity index (χ0n) is 15.0. The second-order valence-electron chi connectivity index (χ2n) is 6.47. The van der Waals surface area contributed by atoms with E-state index in [4.69, 9.17) is 15.2 Å². The molecule has 0 saturated heterocycles. The number of ether oxygens (including phenoxy) is 2. The number of nitrogens with zero attached hydrogens (tertiary/aromatic N) is 1. The predicted octanol–water partition coefficient (Wildman–Crippen LogP) is 3.60. The summed E-state index contributed by atoms with van der Waals surface area (Å²) in [7, 11) is 1.68. The van der Waals surface area contributed by atoms with Crippen LogP contribution in [0.15, 0.2) is 18.2 Å². The molecular weight excluding hydrogens is 276 g/mol. The molecule has 0 aliphatic carbocycles. The van der Waals surface area contributed by atoms with E-state index in [1.807, 2.05) is 6.07 Å². The van der Waals surface area contributed by atoms with Crippen molar-refractivity contribution < 1.29 is 9.47 Å². The highest BCUT2D eigenvalue weighted by Gasteiger charge is 2.28. The molecule has 2 N–H and O–H groups in total. The number of hydrogen-bond acceptors (Lipinski definition) is 4. The van der Waals surface area contributed by atoms with Crippen molar-refractivity contribution in [2.75, 3.05) is 26.8 Å². The Morgan fingerprint density at radius 3 is 2.32 bits per heavy atom. The van der Waals surface area contributed by atoms with E-state index in [1.54, 1.807) is 7.11 Å². The van der Waals surface area contributed by atoms with Crippen LogP contribution in [0.2, 0.25) is 0 Å². The van der Waals surface area contributed by atoms with Crippen LogP contribution in [0.5, 0.6) is 11.5 Å². The number of hydrogen-bond donors (Lipinski definition) is 1. The molecular formula is C18H32N2O2.